The third-order valence-corrected chi connectivity index (χ3v) is 4.74. The van der Waals surface area contributed by atoms with Crippen molar-refractivity contribution < 1.29 is 32.2 Å². The van der Waals surface area contributed by atoms with E-state index in [2.05, 4.69) is 4.72 Å². The van der Waals surface area contributed by atoms with Gasteiger partial charge in [0.25, 0.3) is 0 Å². The van der Waals surface area contributed by atoms with E-state index in [1.54, 1.807) is 6.07 Å². The highest BCUT2D eigenvalue weighted by Crippen LogP contribution is 2.25. The van der Waals surface area contributed by atoms with Gasteiger partial charge in [-0.15, -0.1) is 0 Å². The van der Waals surface area contributed by atoms with Gasteiger partial charge in [0.05, 0.1) is 13.7 Å². The number of rotatable bonds is 6. The first-order chi connectivity index (χ1) is 11.4. The van der Waals surface area contributed by atoms with Crippen LogP contribution < -0.4 is 9.46 Å². The van der Waals surface area contributed by atoms with E-state index in [9.17, 15) is 18.0 Å². The van der Waals surface area contributed by atoms with Crippen molar-refractivity contribution in [3.8, 4) is 5.75 Å². The Balaban J connectivity index is 2.16. The topological polar surface area (TPSA) is 108 Å². The number of hydrogen-bond donors (Lipinski definition) is 1. The minimum absolute atomic E-state index is 0.0533. The molecule has 1 N–H and O–H groups in total. The van der Waals surface area contributed by atoms with Crippen molar-refractivity contribution in [2.45, 2.75) is 17.4 Å². The third kappa shape index (κ3) is 4.12. The highest BCUT2D eigenvalue weighted by Gasteiger charge is 2.29. The van der Waals surface area contributed by atoms with E-state index in [1.807, 2.05) is 0 Å². The molecule has 1 saturated heterocycles. The molecule has 2 rings (SSSR count). The van der Waals surface area contributed by atoms with Gasteiger partial charge in [-0.25, -0.2) is 22.7 Å². The maximum Gasteiger partial charge on any atom is 0.347 e. The van der Waals surface area contributed by atoms with E-state index in [1.165, 1.54) is 32.4 Å². The van der Waals surface area contributed by atoms with Crippen LogP contribution in [0.5, 0.6) is 5.75 Å². The number of ether oxygens (including phenoxy) is 3. The Morgan fingerprint density at radius 2 is 2.17 bits per heavy atom. The molecule has 0 radical (unpaired) electrons. The molecule has 0 aliphatic carbocycles. The van der Waals surface area contributed by atoms with Gasteiger partial charge in [-0.2, -0.15) is 0 Å². The zero-order valence-electron chi connectivity index (χ0n) is 13.1. The summed E-state index contributed by atoms with van der Waals surface area (Å²) in [6.07, 6.45) is 1.93. The first kappa shape index (κ1) is 18.0. The summed E-state index contributed by atoms with van der Waals surface area (Å²) in [7, 11) is -1.07. The normalized spacial score (nSPS) is 17.8. The van der Waals surface area contributed by atoms with Gasteiger partial charge >= 0.3 is 11.9 Å². The molecule has 1 atom stereocenters. The van der Waals surface area contributed by atoms with Gasteiger partial charge in [-0.1, -0.05) is 6.07 Å². The largest absolute Gasteiger partial charge is 0.495 e. The van der Waals surface area contributed by atoms with Crippen LogP contribution in [0.25, 0.3) is 6.08 Å². The summed E-state index contributed by atoms with van der Waals surface area (Å²) in [5, 5.41) is 0. The minimum Gasteiger partial charge on any atom is -0.495 e. The zero-order chi connectivity index (χ0) is 17.7. The molecule has 1 aliphatic heterocycles. The van der Waals surface area contributed by atoms with E-state index < -0.39 is 28.1 Å². The van der Waals surface area contributed by atoms with E-state index in [4.69, 9.17) is 14.2 Å². The molecule has 0 saturated carbocycles. The predicted molar refractivity (Wildman–Crippen MR) is 83.7 cm³/mol. The molecule has 1 aromatic carbocycles. The quantitative estimate of drug-likeness (QED) is 0.584. The molecule has 0 spiro atoms. The van der Waals surface area contributed by atoms with Gasteiger partial charge in [0, 0.05) is 12.5 Å². The smallest absolute Gasteiger partial charge is 0.347 e. The van der Waals surface area contributed by atoms with Crippen molar-refractivity contribution in [1.29, 1.82) is 0 Å². The first-order valence-corrected chi connectivity index (χ1v) is 8.52. The highest BCUT2D eigenvalue weighted by atomic mass is 32.2. The molecule has 1 fully saturated rings. The number of hydrogen-bond acceptors (Lipinski definition) is 7. The molecule has 8 nitrogen and oxygen atoms in total. The fourth-order valence-corrected chi connectivity index (χ4v) is 2.97. The van der Waals surface area contributed by atoms with E-state index in [0.717, 1.165) is 6.08 Å². The predicted octanol–water partition coefficient (Wildman–Crippen LogP) is 0.475. The van der Waals surface area contributed by atoms with Gasteiger partial charge in [-0.05, 0) is 30.8 Å². The molecule has 0 unspecified atom stereocenters. The summed E-state index contributed by atoms with van der Waals surface area (Å²) in [5.74, 6) is -1.10. The van der Waals surface area contributed by atoms with Crippen LogP contribution in [0.2, 0.25) is 0 Å². The molecule has 1 aliphatic rings. The number of carbonyl (C=O) groups excluding carboxylic acids is 2. The fourth-order valence-electron chi connectivity index (χ4n) is 2.05. The maximum atomic E-state index is 12.0. The van der Waals surface area contributed by atoms with Gasteiger partial charge < -0.3 is 14.2 Å². The molecule has 9 heteroatoms. The van der Waals surface area contributed by atoms with Crippen LogP contribution in [0.4, 0.5) is 0 Å². The van der Waals surface area contributed by atoms with Gasteiger partial charge in [0.15, 0.2) is 0 Å². The van der Waals surface area contributed by atoms with Gasteiger partial charge in [0.2, 0.25) is 16.1 Å². The first-order valence-electron chi connectivity index (χ1n) is 7.04. The molecule has 0 aromatic heterocycles. The van der Waals surface area contributed by atoms with Gasteiger partial charge in [-0.3, -0.25) is 0 Å². The molecule has 0 bridgehead atoms. The number of carbonyl (C=O) groups is 2. The van der Waals surface area contributed by atoms with Crippen molar-refractivity contribution in [2.75, 3.05) is 20.8 Å². The van der Waals surface area contributed by atoms with Crippen LogP contribution in [0.1, 0.15) is 12.0 Å². The van der Waals surface area contributed by atoms with Crippen molar-refractivity contribution >= 4 is 28.0 Å². The van der Waals surface area contributed by atoms with E-state index >= 15 is 0 Å². The van der Waals surface area contributed by atoms with Crippen LogP contribution in [0, 0.1) is 0 Å². The van der Waals surface area contributed by atoms with Crippen molar-refractivity contribution in [3.63, 3.8) is 0 Å². The van der Waals surface area contributed by atoms with Crippen LogP contribution in [0.15, 0.2) is 29.2 Å². The average molecular weight is 355 g/mol. The molecule has 0 amide bonds. The lowest BCUT2D eigenvalue weighted by Crippen LogP contribution is -2.21. The minimum atomic E-state index is -3.71. The molecule has 130 valence electrons. The zero-order valence-corrected chi connectivity index (χ0v) is 14.0. The number of cyclic esters (lactones) is 1. The molecule has 1 heterocycles. The second-order valence-electron chi connectivity index (χ2n) is 4.83. The fraction of sp³-hybridized carbons (Fsp3) is 0.333. The third-order valence-electron chi connectivity index (χ3n) is 3.30. The number of methoxy groups -OCH3 is 1. The Labute approximate surface area is 139 Å². The van der Waals surface area contributed by atoms with Crippen LogP contribution in [-0.4, -0.2) is 47.2 Å². The maximum absolute atomic E-state index is 12.0. The van der Waals surface area contributed by atoms with Crippen LogP contribution >= 0.6 is 0 Å². The Morgan fingerprint density at radius 3 is 2.75 bits per heavy atom. The SMILES string of the molecule is CNS(=O)(=O)c1cc(/C=C/C(=O)O[C@@H]2CCOC2=O)ccc1OC. The summed E-state index contributed by atoms with van der Waals surface area (Å²) in [6.45, 7) is 0.226. The molecular weight excluding hydrogens is 338 g/mol. The number of benzene rings is 1. The molecule has 1 aromatic rings. The summed E-state index contributed by atoms with van der Waals surface area (Å²) < 4.78 is 40.8. The van der Waals surface area contributed by atoms with Crippen LogP contribution in [0.3, 0.4) is 0 Å². The van der Waals surface area contributed by atoms with Crippen molar-refractivity contribution in [2.24, 2.45) is 0 Å². The molecule has 24 heavy (non-hydrogen) atoms. The second-order valence-corrected chi connectivity index (χ2v) is 6.69. The summed E-state index contributed by atoms with van der Waals surface area (Å²) >= 11 is 0. The standard InChI is InChI=1S/C15H17NO7S/c1-16-24(19,20)13-9-10(3-5-11(13)21-2)4-6-14(17)23-12-7-8-22-15(12)18/h3-6,9,12,16H,7-8H2,1-2H3/b6-4+/t12-/m1/s1. The number of esters is 2. The second kappa shape index (κ2) is 7.45. The monoisotopic (exact) mass is 355 g/mol. The van der Waals surface area contributed by atoms with E-state index in [-0.39, 0.29) is 17.3 Å². The Morgan fingerprint density at radius 1 is 1.42 bits per heavy atom. The number of sulfonamides is 1. The highest BCUT2D eigenvalue weighted by molar-refractivity contribution is 7.89. The summed E-state index contributed by atoms with van der Waals surface area (Å²) in [4.78, 5) is 22.9. The lowest BCUT2D eigenvalue weighted by atomic mass is 10.2. The Bertz CT molecular complexity index is 770. The van der Waals surface area contributed by atoms with Crippen LogP contribution in [-0.2, 0) is 29.1 Å². The van der Waals surface area contributed by atoms with Crippen molar-refractivity contribution in [3.05, 3.63) is 29.8 Å². The van der Waals surface area contributed by atoms with E-state index in [0.29, 0.717) is 12.0 Å². The van der Waals surface area contributed by atoms with Crippen molar-refractivity contribution in [1.82, 2.24) is 4.72 Å². The number of nitrogens with one attached hydrogen (secondary N) is 1. The molecular formula is C15H17NO7S. The Hall–Kier alpha value is -2.39. The summed E-state index contributed by atoms with van der Waals surface area (Å²) in [5.41, 5.74) is 0.454. The van der Waals surface area contributed by atoms with Gasteiger partial charge in [0.1, 0.15) is 10.6 Å². The lowest BCUT2D eigenvalue weighted by molar-refractivity contribution is -0.156. The summed E-state index contributed by atoms with van der Waals surface area (Å²) in [6, 6.07) is 4.42. The Kier molecular flexibility index (Phi) is 5.58. The lowest BCUT2D eigenvalue weighted by Gasteiger charge is -2.09. The average Bonchev–Trinajstić information content (AvgIpc) is 2.97.